The van der Waals surface area contributed by atoms with Crippen LogP contribution in [0.1, 0.15) is 27.2 Å². The van der Waals surface area contributed by atoms with E-state index in [-0.39, 0.29) is 6.04 Å². The molecular weight excluding hydrogens is 208 g/mol. The Bertz CT molecular complexity index is 219. The van der Waals surface area contributed by atoms with Gasteiger partial charge >= 0.3 is 5.97 Å². The first kappa shape index (κ1) is 15.3. The van der Waals surface area contributed by atoms with Crippen LogP contribution in [0.25, 0.3) is 0 Å². The quantitative estimate of drug-likeness (QED) is 0.597. The molecule has 0 spiro atoms. The molecule has 5 heteroatoms. The summed E-state index contributed by atoms with van der Waals surface area (Å²) in [5.74, 6) is -0.961. The fourth-order valence-corrected chi connectivity index (χ4v) is 1.43. The first-order valence-electron chi connectivity index (χ1n) is 5.61. The Morgan fingerprint density at radius 2 is 2.19 bits per heavy atom. The van der Waals surface area contributed by atoms with Gasteiger partial charge in [0, 0.05) is 19.2 Å². The fraction of sp³-hybridized carbons (Fsp3) is 0.909. The van der Waals surface area contributed by atoms with Crippen LogP contribution in [0, 0.1) is 0 Å². The van der Waals surface area contributed by atoms with E-state index in [1.165, 1.54) is 0 Å². The lowest BCUT2D eigenvalue weighted by Crippen LogP contribution is -2.50. The molecule has 96 valence electrons. The number of nitrogens with two attached hydrogens (primary N) is 1. The minimum atomic E-state index is -1.17. The predicted octanol–water partition coefficient (Wildman–Crippen LogP) is 0.535. The van der Waals surface area contributed by atoms with E-state index >= 15 is 0 Å². The van der Waals surface area contributed by atoms with Gasteiger partial charge in [0.2, 0.25) is 0 Å². The lowest BCUT2D eigenvalue weighted by Gasteiger charge is -2.30. The SMILES string of the molecule is CCOCCN(C)C(C)CC(C)(N)C(=O)O. The van der Waals surface area contributed by atoms with Crippen molar-refractivity contribution in [3.63, 3.8) is 0 Å². The van der Waals surface area contributed by atoms with E-state index in [4.69, 9.17) is 15.6 Å². The normalized spacial score (nSPS) is 17.1. The van der Waals surface area contributed by atoms with Gasteiger partial charge < -0.3 is 20.5 Å². The summed E-state index contributed by atoms with van der Waals surface area (Å²) in [6, 6.07) is 0.117. The van der Waals surface area contributed by atoms with Crippen LogP contribution in [0.2, 0.25) is 0 Å². The lowest BCUT2D eigenvalue weighted by atomic mass is 9.94. The molecule has 0 saturated carbocycles. The zero-order chi connectivity index (χ0) is 12.8. The Labute approximate surface area is 97.6 Å². The number of aliphatic carboxylic acids is 1. The predicted molar refractivity (Wildman–Crippen MR) is 63.4 cm³/mol. The number of likely N-dealkylation sites (N-methyl/N-ethyl adjacent to an activating group) is 1. The number of carboxylic acids is 1. The molecule has 0 aromatic heterocycles. The molecule has 2 unspecified atom stereocenters. The van der Waals surface area contributed by atoms with E-state index < -0.39 is 11.5 Å². The van der Waals surface area contributed by atoms with Gasteiger partial charge in [-0.3, -0.25) is 4.79 Å². The van der Waals surface area contributed by atoms with Crippen molar-refractivity contribution in [2.24, 2.45) is 5.73 Å². The number of ether oxygens (including phenoxy) is 1. The molecule has 0 radical (unpaired) electrons. The van der Waals surface area contributed by atoms with Gasteiger partial charge in [-0.1, -0.05) is 0 Å². The molecule has 0 rings (SSSR count). The summed E-state index contributed by atoms with van der Waals surface area (Å²) in [7, 11) is 1.95. The van der Waals surface area contributed by atoms with E-state index in [9.17, 15) is 4.79 Å². The average molecular weight is 232 g/mol. The zero-order valence-corrected chi connectivity index (χ0v) is 10.7. The van der Waals surface area contributed by atoms with Crippen molar-refractivity contribution in [1.29, 1.82) is 0 Å². The first-order chi connectivity index (χ1) is 7.31. The van der Waals surface area contributed by atoms with Gasteiger partial charge in [0.1, 0.15) is 5.54 Å². The Hall–Kier alpha value is -0.650. The van der Waals surface area contributed by atoms with Crippen LogP contribution in [0.15, 0.2) is 0 Å². The highest BCUT2D eigenvalue weighted by atomic mass is 16.5. The summed E-state index contributed by atoms with van der Waals surface area (Å²) in [6.45, 7) is 7.61. The second-order valence-electron chi connectivity index (χ2n) is 4.45. The highest BCUT2D eigenvalue weighted by molar-refractivity contribution is 5.77. The second kappa shape index (κ2) is 6.83. The third kappa shape index (κ3) is 5.44. The maximum atomic E-state index is 10.9. The Kier molecular flexibility index (Phi) is 6.55. The maximum Gasteiger partial charge on any atom is 0.323 e. The second-order valence-corrected chi connectivity index (χ2v) is 4.45. The van der Waals surface area contributed by atoms with Crippen LogP contribution in [0.5, 0.6) is 0 Å². The summed E-state index contributed by atoms with van der Waals surface area (Å²) < 4.78 is 5.24. The largest absolute Gasteiger partial charge is 0.480 e. The molecule has 2 atom stereocenters. The number of rotatable bonds is 8. The molecule has 0 aromatic rings. The van der Waals surface area contributed by atoms with E-state index in [0.717, 1.165) is 6.54 Å². The van der Waals surface area contributed by atoms with Crippen molar-refractivity contribution in [3.8, 4) is 0 Å². The number of nitrogens with zero attached hydrogens (tertiary/aromatic N) is 1. The summed E-state index contributed by atoms with van der Waals surface area (Å²) in [4.78, 5) is 12.9. The molecule has 5 nitrogen and oxygen atoms in total. The first-order valence-corrected chi connectivity index (χ1v) is 5.61. The summed E-state index contributed by atoms with van der Waals surface area (Å²) in [6.07, 6.45) is 0.422. The Morgan fingerprint density at radius 1 is 1.62 bits per heavy atom. The molecule has 0 aliphatic carbocycles. The van der Waals surface area contributed by atoms with Crippen LogP contribution in [0.3, 0.4) is 0 Å². The van der Waals surface area contributed by atoms with E-state index in [0.29, 0.717) is 19.6 Å². The molecule has 0 bridgehead atoms. The van der Waals surface area contributed by atoms with Gasteiger partial charge in [0.15, 0.2) is 0 Å². The molecule has 16 heavy (non-hydrogen) atoms. The minimum absolute atomic E-state index is 0.117. The number of hydrogen-bond acceptors (Lipinski definition) is 4. The number of carbonyl (C=O) groups is 1. The van der Waals surface area contributed by atoms with Crippen molar-refractivity contribution < 1.29 is 14.6 Å². The third-order valence-electron chi connectivity index (χ3n) is 2.75. The molecule has 0 aliphatic heterocycles. The van der Waals surface area contributed by atoms with Crippen LogP contribution in [-0.4, -0.2) is 54.4 Å². The molecule has 0 heterocycles. The number of carboxylic acid groups (broad SMARTS) is 1. The smallest absolute Gasteiger partial charge is 0.323 e. The van der Waals surface area contributed by atoms with Crippen LogP contribution < -0.4 is 5.73 Å². The Balaban J connectivity index is 4.04. The van der Waals surface area contributed by atoms with Gasteiger partial charge in [-0.2, -0.15) is 0 Å². The van der Waals surface area contributed by atoms with Gasteiger partial charge in [0.05, 0.1) is 6.61 Å². The topological polar surface area (TPSA) is 75.8 Å². The van der Waals surface area contributed by atoms with Crippen LogP contribution in [-0.2, 0) is 9.53 Å². The zero-order valence-electron chi connectivity index (χ0n) is 10.7. The maximum absolute atomic E-state index is 10.9. The fourth-order valence-electron chi connectivity index (χ4n) is 1.43. The molecule has 0 amide bonds. The number of hydrogen-bond donors (Lipinski definition) is 2. The summed E-state index contributed by atoms with van der Waals surface area (Å²) >= 11 is 0. The summed E-state index contributed by atoms with van der Waals surface area (Å²) in [5, 5.41) is 8.92. The van der Waals surface area contributed by atoms with Crippen molar-refractivity contribution in [1.82, 2.24) is 4.90 Å². The van der Waals surface area contributed by atoms with Crippen molar-refractivity contribution in [2.75, 3.05) is 26.8 Å². The van der Waals surface area contributed by atoms with E-state index in [1.54, 1.807) is 6.92 Å². The molecule has 0 saturated heterocycles. The van der Waals surface area contributed by atoms with E-state index in [2.05, 4.69) is 4.90 Å². The highest BCUT2D eigenvalue weighted by Crippen LogP contribution is 2.12. The van der Waals surface area contributed by atoms with E-state index in [1.807, 2.05) is 20.9 Å². The minimum Gasteiger partial charge on any atom is -0.480 e. The van der Waals surface area contributed by atoms with Gasteiger partial charge in [0.25, 0.3) is 0 Å². The third-order valence-corrected chi connectivity index (χ3v) is 2.75. The molecule has 0 aliphatic rings. The van der Waals surface area contributed by atoms with Crippen molar-refractivity contribution >= 4 is 5.97 Å². The van der Waals surface area contributed by atoms with Crippen LogP contribution in [0.4, 0.5) is 0 Å². The van der Waals surface area contributed by atoms with Gasteiger partial charge in [-0.05, 0) is 34.2 Å². The molecule has 0 fully saturated rings. The summed E-state index contributed by atoms with van der Waals surface area (Å²) in [5.41, 5.74) is 4.53. The molecule has 0 aromatic carbocycles. The lowest BCUT2D eigenvalue weighted by molar-refractivity contribution is -0.143. The highest BCUT2D eigenvalue weighted by Gasteiger charge is 2.30. The average Bonchev–Trinajstić information content (AvgIpc) is 2.17. The molecule has 3 N–H and O–H groups in total. The molecular formula is C11H24N2O3. The van der Waals surface area contributed by atoms with Crippen molar-refractivity contribution in [3.05, 3.63) is 0 Å². The monoisotopic (exact) mass is 232 g/mol. The van der Waals surface area contributed by atoms with Crippen LogP contribution >= 0.6 is 0 Å². The Morgan fingerprint density at radius 3 is 2.62 bits per heavy atom. The van der Waals surface area contributed by atoms with Gasteiger partial charge in [-0.25, -0.2) is 0 Å². The van der Waals surface area contributed by atoms with Crippen molar-refractivity contribution in [2.45, 2.75) is 38.8 Å². The standard InChI is InChI=1S/C11H24N2O3/c1-5-16-7-6-13(4)9(2)8-11(3,12)10(14)15/h9H,5-8,12H2,1-4H3,(H,14,15). The van der Waals surface area contributed by atoms with Gasteiger partial charge in [-0.15, -0.1) is 0 Å².